The zero-order valence-electron chi connectivity index (χ0n) is 8.20. The fourth-order valence-corrected chi connectivity index (χ4v) is 1.00. The van der Waals surface area contributed by atoms with Crippen molar-refractivity contribution in [2.75, 3.05) is 19.0 Å². The van der Waals surface area contributed by atoms with Crippen LogP contribution in [-0.4, -0.2) is 24.5 Å². The van der Waals surface area contributed by atoms with E-state index in [0.717, 1.165) is 6.54 Å². The Morgan fingerprint density at radius 2 is 2.43 bits per heavy atom. The van der Waals surface area contributed by atoms with Crippen LogP contribution in [0.5, 0.6) is 0 Å². The van der Waals surface area contributed by atoms with Crippen LogP contribution < -0.4 is 10.8 Å². The van der Waals surface area contributed by atoms with Crippen molar-refractivity contribution in [3.05, 3.63) is 23.9 Å². The van der Waals surface area contributed by atoms with Gasteiger partial charge in [0.2, 0.25) is 0 Å². The molecule has 0 saturated carbocycles. The number of nitrogens with one attached hydrogen (secondary N) is 2. The summed E-state index contributed by atoms with van der Waals surface area (Å²) in [4.78, 5) is 19.9. The first kappa shape index (κ1) is 10.5. The molecular weight excluding hydrogens is 182 g/mol. The van der Waals surface area contributed by atoms with Crippen LogP contribution >= 0.6 is 0 Å². The molecule has 0 bridgehead atoms. The molecule has 1 rings (SSSR count). The second kappa shape index (κ2) is 5.18. The Hall–Kier alpha value is -1.62. The second-order valence-corrected chi connectivity index (χ2v) is 2.60. The van der Waals surface area contributed by atoms with Crippen LogP contribution in [0.25, 0.3) is 0 Å². The molecule has 0 unspecified atom stereocenters. The molecule has 1 aromatic rings. The Balaban J connectivity index is 2.77. The number of hydrogen-bond acceptors (Lipinski definition) is 4. The van der Waals surface area contributed by atoms with Gasteiger partial charge in [-0.15, -0.1) is 0 Å². The molecule has 0 aliphatic rings. The molecule has 0 saturated heterocycles. The summed E-state index contributed by atoms with van der Waals surface area (Å²) in [6, 6.07) is 3.28. The predicted octanol–water partition coefficient (Wildman–Crippen LogP) is 0.805. The summed E-state index contributed by atoms with van der Waals surface area (Å²) in [6.07, 6.45) is 1.57. The number of anilines is 1. The van der Waals surface area contributed by atoms with Gasteiger partial charge in [0.05, 0.1) is 7.11 Å². The smallest absolute Gasteiger partial charge is 0.275 e. The zero-order valence-corrected chi connectivity index (χ0v) is 8.20. The van der Waals surface area contributed by atoms with E-state index in [9.17, 15) is 4.79 Å². The molecule has 0 aliphatic carbocycles. The largest absolute Gasteiger partial charge is 0.370 e. The van der Waals surface area contributed by atoms with Crippen molar-refractivity contribution in [1.29, 1.82) is 0 Å². The van der Waals surface area contributed by atoms with E-state index in [-0.39, 0.29) is 5.91 Å². The van der Waals surface area contributed by atoms with Gasteiger partial charge in [-0.25, -0.2) is 10.5 Å². The lowest BCUT2D eigenvalue weighted by Gasteiger charge is -2.04. The molecule has 5 heteroatoms. The summed E-state index contributed by atoms with van der Waals surface area (Å²) >= 11 is 0. The summed E-state index contributed by atoms with van der Waals surface area (Å²) in [5.74, 6) is 0.394. The van der Waals surface area contributed by atoms with Gasteiger partial charge in [0, 0.05) is 18.3 Å². The molecule has 0 radical (unpaired) electrons. The number of rotatable bonds is 4. The molecule has 2 N–H and O–H groups in total. The zero-order chi connectivity index (χ0) is 10.4. The first-order chi connectivity index (χ1) is 6.77. The highest BCUT2D eigenvalue weighted by Crippen LogP contribution is 2.05. The SMILES string of the molecule is CCNc1cc(C(=O)NOC)ccn1. The van der Waals surface area contributed by atoms with Crippen molar-refractivity contribution in [3.63, 3.8) is 0 Å². The minimum atomic E-state index is -0.283. The number of aromatic nitrogens is 1. The number of hydrogen-bond donors (Lipinski definition) is 2. The molecule has 0 aromatic carbocycles. The standard InChI is InChI=1S/C9H13N3O2/c1-3-10-8-6-7(4-5-11-8)9(13)12-14-2/h4-6H,3H2,1-2H3,(H,10,11)(H,12,13). The number of pyridine rings is 1. The number of amides is 1. The van der Waals surface area contributed by atoms with E-state index < -0.39 is 0 Å². The average molecular weight is 195 g/mol. The van der Waals surface area contributed by atoms with Gasteiger partial charge in [-0.05, 0) is 19.1 Å². The van der Waals surface area contributed by atoms with E-state index in [2.05, 4.69) is 20.6 Å². The first-order valence-electron chi connectivity index (χ1n) is 4.31. The van der Waals surface area contributed by atoms with Crippen LogP contribution in [0.4, 0.5) is 5.82 Å². The summed E-state index contributed by atoms with van der Waals surface area (Å²) in [6.45, 7) is 2.73. The van der Waals surface area contributed by atoms with Gasteiger partial charge >= 0.3 is 0 Å². The predicted molar refractivity (Wildman–Crippen MR) is 52.9 cm³/mol. The molecule has 0 fully saturated rings. The Morgan fingerprint density at radius 1 is 1.64 bits per heavy atom. The third kappa shape index (κ3) is 2.70. The maximum Gasteiger partial charge on any atom is 0.275 e. The molecule has 0 aliphatic heterocycles. The number of nitrogens with zero attached hydrogens (tertiary/aromatic N) is 1. The minimum absolute atomic E-state index is 0.283. The Bertz CT molecular complexity index is 315. The lowest BCUT2D eigenvalue weighted by molar-refractivity contribution is 0.0537. The molecule has 1 aromatic heterocycles. The lowest BCUT2D eigenvalue weighted by atomic mass is 10.2. The van der Waals surface area contributed by atoms with Gasteiger partial charge in [0.15, 0.2) is 0 Å². The summed E-state index contributed by atoms with van der Waals surface area (Å²) < 4.78 is 0. The van der Waals surface area contributed by atoms with Gasteiger partial charge in [0.25, 0.3) is 5.91 Å². The van der Waals surface area contributed by atoms with Crippen molar-refractivity contribution >= 4 is 11.7 Å². The van der Waals surface area contributed by atoms with E-state index in [0.29, 0.717) is 11.4 Å². The molecule has 14 heavy (non-hydrogen) atoms. The van der Waals surface area contributed by atoms with Crippen molar-refractivity contribution in [1.82, 2.24) is 10.5 Å². The maximum atomic E-state index is 11.3. The normalized spacial score (nSPS) is 9.57. The number of carbonyl (C=O) groups excluding carboxylic acids is 1. The molecule has 76 valence electrons. The molecule has 0 spiro atoms. The summed E-state index contributed by atoms with van der Waals surface area (Å²) in [5.41, 5.74) is 2.75. The number of carbonyl (C=O) groups is 1. The highest BCUT2D eigenvalue weighted by Gasteiger charge is 2.05. The van der Waals surface area contributed by atoms with Gasteiger partial charge in [-0.2, -0.15) is 0 Å². The van der Waals surface area contributed by atoms with Crippen LogP contribution in [0.15, 0.2) is 18.3 Å². The van der Waals surface area contributed by atoms with Crippen LogP contribution in [0.1, 0.15) is 17.3 Å². The third-order valence-corrected chi connectivity index (χ3v) is 1.57. The highest BCUT2D eigenvalue weighted by atomic mass is 16.6. The fraction of sp³-hybridized carbons (Fsp3) is 0.333. The quantitative estimate of drug-likeness (QED) is 0.698. The van der Waals surface area contributed by atoms with Crippen LogP contribution in [-0.2, 0) is 4.84 Å². The van der Waals surface area contributed by atoms with E-state index in [4.69, 9.17) is 0 Å². The van der Waals surface area contributed by atoms with Crippen molar-refractivity contribution in [3.8, 4) is 0 Å². The maximum absolute atomic E-state index is 11.3. The monoisotopic (exact) mass is 195 g/mol. The Kier molecular flexibility index (Phi) is 3.87. The van der Waals surface area contributed by atoms with Crippen molar-refractivity contribution in [2.24, 2.45) is 0 Å². The van der Waals surface area contributed by atoms with E-state index in [1.165, 1.54) is 7.11 Å². The minimum Gasteiger partial charge on any atom is -0.370 e. The van der Waals surface area contributed by atoms with Crippen molar-refractivity contribution in [2.45, 2.75) is 6.92 Å². The summed E-state index contributed by atoms with van der Waals surface area (Å²) in [5, 5.41) is 3.01. The molecule has 0 atom stereocenters. The van der Waals surface area contributed by atoms with E-state index in [1.54, 1.807) is 18.3 Å². The van der Waals surface area contributed by atoms with Gasteiger partial charge < -0.3 is 5.32 Å². The van der Waals surface area contributed by atoms with Crippen LogP contribution in [0, 0.1) is 0 Å². The Morgan fingerprint density at radius 3 is 3.07 bits per heavy atom. The van der Waals surface area contributed by atoms with Crippen LogP contribution in [0.3, 0.4) is 0 Å². The van der Waals surface area contributed by atoms with Gasteiger partial charge in [-0.3, -0.25) is 9.63 Å². The second-order valence-electron chi connectivity index (χ2n) is 2.60. The molecule has 1 heterocycles. The van der Waals surface area contributed by atoms with Crippen molar-refractivity contribution < 1.29 is 9.63 Å². The molecule has 5 nitrogen and oxygen atoms in total. The topological polar surface area (TPSA) is 63.2 Å². The van der Waals surface area contributed by atoms with E-state index in [1.807, 2.05) is 6.92 Å². The third-order valence-electron chi connectivity index (χ3n) is 1.57. The lowest BCUT2D eigenvalue weighted by Crippen LogP contribution is -2.21. The first-order valence-corrected chi connectivity index (χ1v) is 4.31. The molecular formula is C9H13N3O2. The average Bonchev–Trinajstić information content (AvgIpc) is 2.19. The Labute approximate surface area is 82.4 Å². The molecule has 1 amide bonds. The van der Waals surface area contributed by atoms with Crippen LogP contribution in [0.2, 0.25) is 0 Å². The van der Waals surface area contributed by atoms with Gasteiger partial charge in [-0.1, -0.05) is 0 Å². The highest BCUT2D eigenvalue weighted by molar-refractivity contribution is 5.94. The van der Waals surface area contributed by atoms with E-state index >= 15 is 0 Å². The fourth-order valence-electron chi connectivity index (χ4n) is 1.00. The van der Waals surface area contributed by atoms with Gasteiger partial charge in [0.1, 0.15) is 5.82 Å². The number of hydroxylamine groups is 1. The summed E-state index contributed by atoms with van der Waals surface area (Å²) in [7, 11) is 1.39.